The van der Waals surface area contributed by atoms with E-state index in [1.807, 2.05) is 18.7 Å². The molecule has 11 heteroatoms. The second-order valence-electron chi connectivity index (χ2n) is 9.45. The van der Waals surface area contributed by atoms with Gasteiger partial charge in [-0.3, -0.25) is 30.3 Å². The predicted molar refractivity (Wildman–Crippen MR) is 125 cm³/mol. The number of fused-ring (bicyclic) bond motifs is 2. The topological polar surface area (TPSA) is 142 Å². The minimum absolute atomic E-state index is 0.0607. The van der Waals surface area contributed by atoms with Gasteiger partial charge in [-0.1, -0.05) is 13.8 Å². The lowest BCUT2D eigenvalue weighted by Crippen LogP contribution is -2.59. The van der Waals surface area contributed by atoms with E-state index in [1.54, 1.807) is 18.2 Å². The fourth-order valence-corrected chi connectivity index (χ4v) is 4.73. The Labute approximate surface area is 195 Å². The molecular weight excluding hydrogens is 444 g/mol. The van der Waals surface area contributed by atoms with E-state index in [-0.39, 0.29) is 17.0 Å². The Kier molecular flexibility index (Phi) is 5.30. The maximum absolute atomic E-state index is 11.8. The molecular formula is C23H24N4O7. The number of nitro benzene ring substituents is 3. The second kappa shape index (κ2) is 7.79. The van der Waals surface area contributed by atoms with Gasteiger partial charge in [0.1, 0.15) is 0 Å². The Balaban J connectivity index is 1.93. The fourth-order valence-electron chi connectivity index (χ4n) is 4.73. The van der Waals surface area contributed by atoms with Crippen LogP contribution in [0.1, 0.15) is 45.2 Å². The molecule has 0 amide bonds. The Morgan fingerprint density at radius 1 is 0.971 bits per heavy atom. The number of benzene rings is 2. The van der Waals surface area contributed by atoms with Gasteiger partial charge in [-0.05, 0) is 50.0 Å². The lowest BCUT2D eigenvalue weighted by Gasteiger charge is -2.47. The van der Waals surface area contributed by atoms with Crippen LogP contribution in [0.15, 0.2) is 36.4 Å². The van der Waals surface area contributed by atoms with E-state index in [4.69, 9.17) is 4.74 Å². The van der Waals surface area contributed by atoms with E-state index in [2.05, 4.69) is 13.8 Å². The van der Waals surface area contributed by atoms with Crippen LogP contribution in [0.4, 0.5) is 22.7 Å². The largest absolute Gasteiger partial charge is 0.456 e. The molecule has 2 aromatic rings. The monoisotopic (exact) mass is 468 g/mol. The average Bonchev–Trinajstić information content (AvgIpc) is 2.94. The number of rotatable bonds is 6. The van der Waals surface area contributed by atoms with Crippen molar-refractivity contribution in [1.29, 1.82) is 0 Å². The van der Waals surface area contributed by atoms with Crippen molar-refractivity contribution in [1.82, 2.24) is 0 Å². The molecule has 2 aromatic carbocycles. The molecule has 0 N–H and O–H groups in total. The highest BCUT2D eigenvalue weighted by molar-refractivity contribution is 5.77. The number of anilines is 1. The number of hydrogen-bond donors (Lipinski definition) is 0. The molecule has 1 spiro atoms. The highest BCUT2D eigenvalue weighted by Crippen LogP contribution is 2.57. The summed E-state index contributed by atoms with van der Waals surface area (Å²) in [5, 5.41) is 34.6. The number of nitro groups is 3. The van der Waals surface area contributed by atoms with Crippen LogP contribution in [0.25, 0.3) is 6.08 Å². The molecule has 0 saturated heterocycles. The predicted octanol–water partition coefficient (Wildman–Crippen LogP) is 5.36. The van der Waals surface area contributed by atoms with E-state index >= 15 is 0 Å². The summed E-state index contributed by atoms with van der Waals surface area (Å²) in [6.07, 6.45) is 4.12. The van der Waals surface area contributed by atoms with Gasteiger partial charge in [-0.15, -0.1) is 0 Å². The molecule has 34 heavy (non-hydrogen) atoms. The summed E-state index contributed by atoms with van der Waals surface area (Å²) >= 11 is 0. The molecule has 4 rings (SSSR count). The van der Waals surface area contributed by atoms with Crippen LogP contribution in [0.2, 0.25) is 0 Å². The van der Waals surface area contributed by atoms with Crippen molar-refractivity contribution in [3.05, 3.63) is 77.9 Å². The van der Waals surface area contributed by atoms with Crippen LogP contribution in [0, 0.1) is 36.3 Å². The van der Waals surface area contributed by atoms with Crippen molar-refractivity contribution in [3.63, 3.8) is 0 Å². The van der Waals surface area contributed by atoms with Crippen LogP contribution in [0.5, 0.6) is 5.75 Å². The highest BCUT2D eigenvalue weighted by Gasteiger charge is 2.59. The lowest BCUT2D eigenvalue weighted by atomic mass is 9.76. The summed E-state index contributed by atoms with van der Waals surface area (Å²) in [4.78, 5) is 34.7. The molecule has 0 aromatic heterocycles. The Morgan fingerprint density at radius 3 is 2.24 bits per heavy atom. The summed E-state index contributed by atoms with van der Waals surface area (Å²) in [6.45, 7) is 8.42. The van der Waals surface area contributed by atoms with Gasteiger partial charge < -0.3 is 9.64 Å². The standard InChI is InChI=1S/C23H24N4O7/c1-14(2)8-10-24-19-6-5-16(25(28)29)12-18(19)22(3,4)23(24)9-7-15-11-17(26(30)31)13-20(27(32)33)21(15)34-23/h5-7,9,11-14H,8,10H2,1-4H3. The van der Waals surface area contributed by atoms with E-state index in [0.717, 1.165) is 18.2 Å². The average molecular weight is 468 g/mol. The molecule has 178 valence electrons. The minimum atomic E-state index is -1.23. The minimum Gasteiger partial charge on any atom is -0.456 e. The third-order valence-corrected chi connectivity index (χ3v) is 6.62. The van der Waals surface area contributed by atoms with Gasteiger partial charge in [0.2, 0.25) is 11.5 Å². The van der Waals surface area contributed by atoms with Crippen molar-refractivity contribution in [2.45, 2.75) is 45.3 Å². The molecule has 1 unspecified atom stereocenters. The van der Waals surface area contributed by atoms with Gasteiger partial charge in [-0.2, -0.15) is 0 Å². The molecule has 0 saturated carbocycles. The molecule has 1 atom stereocenters. The van der Waals surface area contributed by atoms with Crippen LogP contribution >= 0.6 is 0 Å². The normalized spacial score (nSPS) is 19.6. The summed E-state index contributed by atoms with van der Waals surface area (Å²) in [5.41, 5.74) is -1.40. The molecule has 0 bridgehead atoms. The SMILES string of the molecule is CC(C)CCN1c2ccc([N+](=O)[O-])cc2C(C)(C)C12C=Cc1cc([N+](=O)[O-])cc([N+](=O)[O-])c1O2. The van der Waals surface area contributed by atoms with Crippen LogP contribution in [-0.2, 0) is 5.41 Å². The molecule has 2 aliphatic rings. The molecule has 11 nitrogen and oxygen atoms in total. The number of ether oxygens (including phenoxy) is 1. The van der Waals surface area contributed by atoms with Crippen molar-refractivity contribution < 1.29 is 19.5 Å². The Morgan fingerprint density at radius 2 is 1.65 bits per heavy atom. The number of non-ortho nitro benzene ring substituents is 2. The third-order valence-electron chi connectivity index (χ3n) is 6.62. The second-order valence-corrected chi connectivity index (χ2v) is 9.45. The van der Waals surface area contributed by atoms with Gasteiger partial charge in [0.15, 0.2) is 0 Å². The summed E-state index contributed by atoms with van der Waals surface area (Å²) in [6, 6.07) is 6.77. The third kappa shape index (κ3) is 3.35. The summed E-state index contributed by atoms with van der Waals surface area (Å²) < 4.78 is 6.46. The van der Waals surface area contributed by atoms with Crippen LogP contribution in [-0.4, -0.2) is 27.0 Å². The van der Waals surface area contributed by atoms with Gasteiger partial charge in [0, 0.05) is 36.0 Å². The van der Waals surface area contributed by atoms with Crippen LogP contribution in [0.3, 0.4) is 0 Å². The van der Waals surface area contributed by atoms with Gasteiger partial charge >= 0.3 is 5.69 Å². The van der Waals surface area contributed by atoms with Crippen molar-refractivity contribution in [2.75, 3.05) is 11.4 Å². The molecule has 0 fully saturated rings. The number of nitrogens with zero attached hydrogens (tertiary/aromatic N) is 4. The Hall–Kier alpha value is -4.02. The maximum atomic E-state index is 11.8. The lowest BCUT2D eigenvalue weighted by molar-refractivity contribution is -0.395. The first-order valence-electron chi connectivity index (χ1n) is 10.8. The van der Waals surface area contributed by atoms with E-state index < -0.39 is 37.3 Å². The van der Waals surface area contributed by atoms with Gasteiger partial charge in [0.25, 0.3) is 11.4 Å². The van der Waals surface area contributed by atoms with Crippen LogP contribution < -0.4 is 9.64 Å². The fraction of sp³-hybridized carbons (Fsp3) is 0.391. The van der Waals surface area contributed by atoms with Crippen molar-refractivity contribution >= 4 is 28.8 Å². The maximum Gasteiger partial charge on any atom is 0.318 e. The zero-order chi connectivity index (χ0) is 25.0. The zero-order valence-electron chi connectivity index (χ0n) is 19.2. The Bertz CT molecular complexity index is 1250. The van der Waals surface area contributed by atoms with E-state index in [9.17, 15) is 30.3 Å². The van der Waals surface area contributed by atoms with Crippen molar-refractivity contribution in [2.24, 2.45) is 5.92 Å². The van der Waals surface area contributed by atoms with Crippen molar-refractivity contribution in [3.8, 4) is 5.75 Å². The molecule has 2 heterocycles. The number of hydrogen-bond acceptors (Lipinski definition) is 8. The van der Waals surface area contributed by atoms with Gasteiger partial charge in [-0.25, -0.2) is 0 Å². The molecule has 0 radical (unpaired) electrons. The highest BCUT2D eigenvalue weighted by atomic mass is 16.6. The quantitative estimate of drug-likeness (QED) is 0.407. The molecule has 0 aliphatic carbocycles. The first kappa shape index (κ1) is 23.1. The van der Waals surface area contributed by atoms with E-state index in [1.165, 1.54) is 18.2 Å². The first-order chi connectivity index (χ1) is 15.9. The zero-order valence-corrected chi connectivity index (χ0v) is 19.2. The van der Waals surface area contributed by atoms with E-state index in [0.29, 0.717) is 18.0 Å². The van der Waals surface area contributed by atoms with Gasteiger partial charge in [0.05, 0.1) is 26.3 Å². The summed E-state index contributed by atoms with van der Waals surface area (Å²) in [5.74, 6) is 0.280. The first-order valence-corrected chi connectivity index (χ1v) is 10.8. The smallest absolute Gasteiger partial charge is 0.318 e. The summed E-state index contributed by atoms with van der Waals surface area (Å²) in [7, 11) is 0. The molecule has 2 aliphatic heterocycles.